The van der Waals surface area contributed by atoms with Crippen LogP contribution in [0.4, 0.5) is 0 Å². The molecule has 1 aliphatic heterocycles. The zero-order valence-electron chi connectivity index (χ0n) is 18.5. The minimum atomic E-state index is -0.346. The average molecular weight is 632 g/mol. The summed E-state index contributed by atoms with van der Waals surface area (Å²) in [7, 11) is 4.02. The van der Waals surface area contributed by atoms with Gasteiger partial charge in [-0.2, -0.15) is 12.1 Å². The van der Waals surface area contributed by atoms with Crippen LogP contribution in [-0.2, 0) is 40.6 Å². The Bertz CT molecular complexity index is 1380. The average Bonchev–Trinajstić information content (AvgIpc) is 3.51. The number of pyridine rings is 2. The summed E-state index contributed by atoms with van der Waals surface area (Å²) in [5.74, 6) is 1.80. The summed E-state index contributed by atoms with van der Waals surface area (Å²) in [6.45, 7) is 4.34. The fourth-order valence-corrected chi connectivity index (χ4v) is 5.18. The molecular formula is C25H20N6PtS. The van der Waals surface area contributed by atoms with Crippen LogP contribution in [0.1, 0.15) is 25.0 Å². The summed E-state index contributed by atoms with van der Waals surface area (Å²) < 4.78 is 4.09. The van der Waals surface area contributed by atoms with Crippen LogP contribution in [0.15, 0.2) is 49.1 Å². The zero-order chi connectivity index (χ0) is 22.0. The van der Waals surface area contributed by atoms with Gasteiger partial charge in [0.25, 0.3) is 0 Å². The summed E-state index contributed by atoms with van der Waals surface area (Å²) in [5, 5.41) is 0. The first-order valence-electron chi connectivity index (χ1n) is 10.4. The maximum Gasteiger partial charge on any atom is 2.00 e. The molecule has 6 rings (SSSR count). The van der Waals surface area contributed by atoms with Crippen molar-refractivity contribution < 1.29 is 21.1 Å². The first kappa shape index (κ1) is 21.9. The Morgan fingerprint density at radius 2 is 1.21 bits per heavy atom. The molecule has 0 radical (unpaired) electrons. The van der Waals surface area contributed by atoms with Crippen molar-refractivity contribution in [3.63, 3.8) is 0 Å². The summed E-state index contributed by atoms with van der Waals surface area (Å²) in [5.41, 5.74) is 4.79. The molecule has 0 spiro atoms. The molecule has 1 aliphatic rings. The maximum absolute atomic E-state index is 4.91. The predicted octanol–water partition coefficient (Wildman–Crippen LogP) is 4.91. The number of aryl methyl sites for hydroxylation is 2. The molecule has 0 fully saturated rings. The maximum atomic E-state index is 4.91. The van der Waals surface area contributed by atoms with Gasteiger partial charge in [-0.05, 0) is 53.7 Å². The molecule has 166 valence electrons. The fourth-order valence-electron chi connectivity index (χ4n) is 4.11. The molecule has 5 aromatic heterocycles. The number of rotatable bonds is 0. The minimum Gasteiger partial charge on any atom is -0.345 e. The van der Waals surface area contributed by atoms with Gasteiger partial charge in [0.05, 0.1) is 9.75 Å². The van der Waals surface area contributed by atoms with Crippen molar-refractivity contribution in [3.05, 3.63) is 72.3 Å². The van der Waals surface area contributed by atoms with Crippen LogP contribution in [0.2, 0.25) is 0 Å². The van der Waals surface area contributed by atoms with Gasteiger partial charge in [0.15, 0.2) is 0 Å². The van der Waals surface area contributed by atoms with E-state index in [1.54, 1.807) is 11.3 Å². The van der Waals surface area contributed by atoms with E-state index in [4.69, 9.17) is 9.97 Å². The molecule has 5 aromatic rings. The standard InChI is InChI=1S/C25H20N6S.Pt/c1-25(2)15-7-9-26-17(11-15)19-13-30(3)23(28-19)21-5-6-22(32-21)24-29-20(14-31(24)4)18-12-16(25)8-10-27-18;/h5-10,13-14H,1-4H3;/q-2;+2. The SMILES string of the molecule is Cn1cc2nc1-c1ccc(s1)-c1nc(cn1C)-c1[c-]c(ccn1)C(C)(C)c1[c-]c-2ncc1.[Pt+2]. The topological polar surface area (TPSA) is 61.4 Å². The van der Waals surface area contributed by atoms with Crippen LogP contribution >= 0.6 is 11.3 Å². The number of aromatic nitrogens is 6. The van der Waals surface area contributed by atoms with Gasteiger partial charge in [0, 0.05) is 25.5 Å². The number of fused-ring (bicyclic) bond motifs is 14. The van der Waals surface area contributed by atoms with E-state index < -0.39 is 0 Å². The van der Waals surface area contributed by atoms with Crippen molar-refractivity contribution in [3.8, 4) is 44.2 Å². The van der Waals surface area contributed by atoms with Crippen LogP contribution in [0.25, 0.3) is 44.2 Å². The van der Waals surface area contributed by atoms with Crippen LogP contribution in [0.5, 0.6) is 0 Å². The first-order valence-corrected chi connectivity index (χ1v) is 11.2. The van der Waals surface area contributed by atoms with E-state index in [1.807, 2.05) is 60.1 Å². The predicted molar refractivity (Wildman–Crippen MR) is 125 cm³/mol. The van der Waals surface area contributed by atoms with Gasteiger partial charge >= 0.3 is 21.1 Å². The van der Waals surface area contributed by atoms with Crippen molar-refractivity contribution in [2.45, 2.75) is 19.3 Å². The third-order valence-electron chi connectivity index (χ3n) is 6.03. The van der Waals surface area contributed by atoms with Gasteiger partial charge in [-0.1, -0.05) is 13.8 Å². The first-order chi connectivity index (χ1) is 15.4. The van der Waals surface area contributed by atoms with E-state index in [1.165, 1.54) is 0 Å². The van der Waals surface area contributed by atoms with Crippen molar-refractivity contribution in [1.29, 1.82) is 0 Å². The van der Waals surface area contributed by atoms with E-state index in [9.17, 15) is 0 Å². The largest absolute Gasteiger partial charge is 2.00 e. The van der Waals surface area contributed by atoms with Gasteiger partial charge < -0.3 is 9.13 Å². The Morgan fingerprint density at radius 3 is 1.67 bits per heavy atom. The molecule has 6 nitrogen and oxygen atoms in total. The second-order valence-corrected chi connectivity index (χ2v) is 9.66. The summed E-state index contributed by atoms with van der Waals surface area (Å²) in [4.78, 5) is 21.1. The van der Waals surface area contributed by atoms with Gasteiger partial charge in [-0.15, -0.1) is 34.6 Å². The number of nitrogens with zero attached hydrogens (tertiary/aromatic N) is 6. The van der Waals surface area contributed by atoms with Gasteiger partial charge in [-0.3, -0.25) is 19.9 Å². The summed E-state index contributed by atoms with van der Waals surface area (Å²) in [6.07, 6.45) is 7.68. The second kappa shape index (κ2) is 7.86. The Hall–Kier alpha value is -2.89. The van der Waals surface area contributed by atoms with E-state index >= 15 is 0 Å². The molecule has 0 atom stereocenters. The van der Waals surface area contributed by atoms with Crippen LogP contribution in [-0.4, -0.2) is 29.1 Å². The van der Waals surface area contributed by atoms with E-state index in [-0.39, 0.29) is 26.5 Å². The number of hydrogen-bond donors (Lipinski definition) is 0. The Balaban J connectivity index is 0.00000228. The van der Waals surface area contributed by atoms with E-state index in [0.717, 1.165) is 55.3 Å². The van der Waals surface area contributed by atoms with Crippen LogP contribution < -0.4 is 0 Å². The molecule has 8 heteroatoms. The van der Waals surface area contributed by atoms with E-state index in [2.05, 4.69) is 48.1 Å². The smallest absolute Gasteiger partial charge is 0.345 e. The minimum absolute atomic E-state index is 0. The van der Waals surface area contributed by atoms with Gasteiger partial charge in [0.2, 0.25) is 0 Å². The monoisotopic (exact) mass is 631 g/mol. The molecule has 0 N–H and O–H groups in total. The summed E-state index contributed by atoms with van der Waals surface area (Å²) >= 11 is 1.67. The number of imidazole rings is 2. The van der Waals surface area contributed by atoms with Gasteiger partial charge in [-0.25, -0.2) is 0 Å². The Morgan fingerprint density at radius 1 is 0.758 bits per heavy atom. The van der Waals surface area contributed by atoms with E-state index in [0.29, 0.717) is 0 Å². The molecule has 33 heavy (non-hydrogen) atoms. The van der Waals surface area contributed by atoms with Crippen LogP contribution in [0.3, 0.4) is 0 Å². The normalized spacial score (nSPS) is 13.5. The fraction of sp³-hybridized carbons (Fsp3) is 0.200. The molecular weight excluding hydrogens is 611 g/mol. The Labute approximate surface area is 210 Å². The quantitative estimate of drug-likeness (QED) is 0.228. The number of thiophene rings is 1. The third kappa shape index (κ3) is 3.51. The second-order valence-electron chi connectivity index (χ2n) is 8.57. The number of hydrogen-bond acceptors (Lipinski definition) is 5. The molecule has 0 aromatic carbocycles. The molecule has 0 amide bonds. The molecule has 0 aliphatic carbocycles. The zero-order valence-corrected chi connectivity index (χ0v) is 21.6. The van der Waals surface area contributed by atoms with Crippen molar-refractivity contribution in [2.75, 3.05) is 0 Å². The van der Waals surface area contributed by atoms with Gasteiger partial charge in [0.1, 0.15) is 11.6 Å². The molecule has 0 unspecified atom stereocenters. The molecule has 10 bridgehead atoms. The molecule has 0 saturated heterocycles. The Kier molecular flexibility index (Phi) is 5.22. The third-order valence-corrected chi connectivity index (χ3v) is 7.10. The summed E-state index contributed by atoms with van der Waals surface area (Å²) in [6, 6.07) is 15.2. The van der Waals surface area contributed by atoms with Crippen molar-refractivity contribution >= 4 is 11.3 Å². The molecule has 0 saturated carbocycles. The van der Waals surface area contributed by atoms with Crippen LogP contribution in [0, 0.1) is 12.1 Å². The van der Waals surface area contributed by atoms with Crippen molar-refractivity contribution in [2.24, 2.45) is 14.1 Å². The van der Waals surface area contributed by atoms with Crippen molar-refractivity contribution in [1.82, 2.24) is 29.1 Å². The molecule has 6 heterocycles.